The van der Waals surface area contributed by atoms with E-state index < -0.39 is 11.7 Å². The number of nitrogens with one attached hydrogen (secondary N) is 1. The fourth-order valence-corrected chi connectivity index (χ4v) is 2.94. The lowest BCUT2D eigenvalue weighted by Gasteiger charge is -2.15. The van der Waals surface area contributed by atoms with E-state index in [1.54, 1.807) is 4.57 Å². The highest BCUT2D eigenvalue weighted by molar-refractivity contribution is 5.92. The topological polar surface area (TPSA) is 81.8 Å². The molecule has 2 aromatic heterocycles. The number of nitrogens with zero attached hydrogens (tertiary/aromatic N) is 4. The predicted octanol–water partition coefficient (Wildman–Crippen LogP) is 1.12. The minimum absolute atomic E-state index is 0.102. The summed E-state index contributed by atoms with van der Waals surface area (Å²) in [5.41, 5.74) is -0.306. The highest BCUT2D eigenvalue weighted by Gasteiger charge is 2.23. The average molecular weight is 333 g/mol. The van der Waals surface area contributed by atoms with Gasteiger partial charge in [0.1, 0.15) is 5.82 Å². The van der Waals surface area contributed by atoms with Crippen molar-refractivity contribution in [1.82, 2.24) is 24.6 Å². The lowest BCUT2D eigenvalue weighted by atomic mass is 10.1. The number of amides is 1. The van der Waals surface area contributed by atoms with Crippen molar-refractivity contribution in [3.8, 4) is 0 Å². The maximum atomic E-state index is 13.6. The Bertz CT molecular complexity index is 798. The third kappa shape index (κ3) is 3.22. The quantitative estimate of drug-likeness (QED) is 0.909. The van der Waals surface area contributed by atoms with Gasteiger partial charge < -0.3 is 5.32 Å². The second-order valence-electron chi connectivity index (χ2n) is 5.91. The predicted molar refractivity (Wildman–Crippen MR) is 85.2 cm³/mol. The molecular weight excluding hydrogens is 313 g/mol. The van der Waals surface area contributed by atoms with Crippen molar-refractivity contribution in [3.05, 3.63) is 46.1 Å². The zero-order chi connectivity index (χ0) is 17.1. The van der Waals surface area contributed by atoms with Gasteiger partial charge in [0.25, 0.3) is 5.91 Å². The molecule has 3 heterocycles. The Morgan fingerprint density at radius 1 is 1.46 bits per heavy atom. The Labute approximate surface area is 138 Å². The Morgan fingerprint density at radius 2 is 2.29 bits per heavy atom. The van der Waals surface area contributed by atoms with Crippen LogP contribution in [0.5, 0.6) is 0 Å². The van der Waals surface area contributed by atoms with Crippen LogP contribution in [0.3, 0.4) is 0 Å². The molecule has 1 unspecified atom stereocenters. The van der Waals surface area contributed by atoms with Crippen molar-refractivity contribution >= 4 is 5.91 Å². The third-order valence-electron chi connectivity index (χ3n) is 4.16. The van der Waals surface area contributed by atoms with Crippen LogP contribution in [-0.4, -0.2) is 31.3 Å². The molecule has 1 N–H and O–H groups in total. The molecule has 8 heteroatoms. The van der Waals surface area contributed by atoms with Gasteiger partial charge in [-0.05, 0) is 31.4 Å². The van der Waals surface area contributed by atoms with Crippen LogP contribution in [0, 0.1) is 5.82 Å². The summed E-state index contributed by atoms with van der Waals surface area (Å²) in [7, 11) is 0. The average Bonchev–Trinajstić information content (AvgIpc) is 2.74. The van der Waals surface area contributed by atoms with E-state index in [0.717, 1.165) is 12.2 Å². The summed E-state index contributed by atoms with van der Waals surface area (Å²) in [6, 6.07) is 2.51. The minimum Gasteiger partial charge on any atom is -0.348 e. The molecule has 2 aromatic rings. The van der Waals surface area contributed by atoms with Gasteiger partial charge in [0.15, 0.2) is 11.5 Å². The van der Waals surface area contributed by atoms with Crippen molar-refractivity contribution < 1.29 is 9.18 Å². The van der Waals surface area contributed by atoms with E-state index in [1.165, 1.54) is 23.0 Å². The summed E-state index contributed by atoms with van der Waals surface area (Å²) in [4.78, 5) is 28.2. The lowest BCUT2D eigenvalue weighted by molar-refractivity contribution is 0.0923. The molecule has 0 fully saturated rings. The van der Waals surface area contributed by atoms with Crippen LogP contribution >= 0.6 is 0 Å². The normalized spacial score (nSPS) is 17.2. The first kappa shape index (κ1) is 16.4. The smallest absolute Gasteiger partial charge is 0.345 e. The molecule has 7 nitrogen and oxygen atoms in total. The van der Waals surface area contributed by atoms with Gasteiger partial charge in [-0.15, -0.1) is 0 Å². The van der Waals surface area contributed by atoms with Crippen molar-refractivity contribution in [2.75, 3.05) is 0 Å². The van der Waals surface area contributed by atoms with E-state index in [0.29, 0.717) is 32.4 Å². The van der Waals surface area contributed by atoms with Crippen molar-refractivity contribution in [2.45, 2.75) is 51.7 Å². The molecule has 0 bridgehead atoms. The molecule has 128 valence electrons. The number of hydrogen-bond donors (Lipinski definition) is 1. The van der Waals surface area contributed by atoms with E-state index in [-0.39, 0.29) is 17.4 Å². The molecule has 0 spiro atoms. The molecule has 1 aliphatic rings. The number of aryl methyl sites for hydroxylation is 2. The minimum atomic E-state index is -0.640. The number of halogens is 1. The van der Waals surface area contributed by atoms with Crippen LogP contribution in [0.2, 0.25) is 0 Å². The maximum absolute atomic E-state index is 13.6. The van der Waals surface area contributed by atoms with E-state index in [9.17, 15) is 14.0 Å². The summed E-state index contributed by atoms with van der Waals surface area (Å²) in [6.45, 7) is 3.10. The number of pyridine rings is 1. The van der Waals surface area contributed by atoms with Crippen LogP contribution in [-0.2, 0) is 19.5 Å². The molecule has 24 heavy (non-hydrogen) atoms. The van der Waals surface area contributed by atoms with Crippen molar-refractivity contribution in [2.24, 2.45) is 0 Å². The van der Waals surface area contributed by atoms with Crippen LogP contribution in [0.15, 0.2) is 23.1 Å². The number of rotatable bonds is 4. The first-order chi connectivity index (χ1) is 11.6. The number of aromatic nitrogens is 4. The SMILES string of the molecule is CCCn1nc2n(c1=O)CCC(NC(=O)c1ncccc1F)CC2. The zero-order valence-electron chi connectivity index (χ0n) is 13.5. The number of fused-ring (bicyclic) bond motifs is 1. The van der Waals surface area contributed by atoms with E-state index in [1.807, 2.05) is 6.92 Å². The fraction of sp³-hybridized carbons (Fsp3) is 0.500. The molecule has 0 aliphatic carbocycles. The molecule has 0 saturated heterocycles. The third-order valence-corrected chi connectivity index (χ3v) is 4.16. The van der Waals surface area contributed by atoms with E-state index in [4.69, 9.17) is 0 Å². The first-order valence-electron chi connectivity index (χ1n) is 8.18. The van der Waals surface area contributed by atoms with Gasteiger partial charge in [-0.25, -0.2) is 18.9 Å². The Morgan fingerprint density at radius 3 is 3.04 bits per heavy atom. The number of carbonyl (C=O) groups is 1. The van der Waals surface area contributed by atoms with Gasteiger partial charge in [0, 0.05) is 31.7 Å². The Kier molecular flexibility index (Phi) is 4.73. The monoisotopic (exact) mass is 333 g/mol. The Balaban J connectivity index is 1.68. The van der Waals surface area contributed by atoms with Crippen LogP contribution in [0.4, 0.5) is 4.39 Å². The van der Waals surface area contributed by atoms with Gasteiger partial charge in [-0.3, -0.25) is 9.36 Å². The molecule has 0 aromatic carbocycles. The molecule has 1 aliphatic heterocycles. The summed E-state index contributed by atoms with van der Waals surface area (Å²) in [5, 5.41) is 7.18. The highest BCUT2D eigenvalue weighted by Crippen LogP contribution is 2.13. The van der Waals surface area contributed by atoms with E-state index in [2.05, 4.69) is 15.4 Å². The van der Waals surface area contributed by atoms with Crippen LogP contribution in [0.25, 0.3) is 0 Å². The van der Waals surface area contributed by atoms with Gasteiger partial charge in [0.05, 0.1) is 0 Å². The van der Waals surface area contributed by atoms with Gasteiger partial charge >= 0.3 is 5.69 Å². The summed E-state index contributed by atoms with van der Waals surface area (Å²) in [5.74, 6) is -0.422. The number of carbonyl (C=O) groups excluding carboxylic acids is 1. The molecular formula is C16H20FN5O2. The standard InChI is InChI=1S/C16H20FN5O2/c1-2-9-22-16(24)21-10-7-11(5-6-13(21)20-22)19-15(23)14-12(17)4-3-8-18-14/h3-4,8,11H,2,5-7,9-10H2,1H3,(H,19,23). The van der Waals surface area contributed by atoms with Gasteiger partial charge in [-0.1, -0.05) is 6.92 Å². The Hall–Kier alpha value is -2.51. The highest BCUT2D eigenvalue weighted by atomic mass is 19.1. The lowest BCUT2D eigenvalue weighted by Crippen LogP contribution is -2.36. The van der Waals surface area contributed by atoms with Crippen LogP contribution < -0.4 is 11.0 Å². The zero-order valence-corrected chi connectivity index (χ0v) is 13.5. The van der Waals surface area contributed by atoms with Crippen molar-refractivity contribution in [1.29, 1.82) is 0 Å². The fourth-order valence-electron chi connectivity index (χ4n) is 2.94. The summed E-state index contributed by atoms with van der Waals surface area (Å²) < 4.78 is 16.8. The second-order valence-corrected chi connectivity index (χ2v) is 5.91. The summed E-state index contributed by atoms with van der Waals surface area (Å²) >= 11 is 0. The summed E-state index contributed by atoms with van der Waals surface area (Å²) in [6.07, 6.45) is 4.09. The number of hydrogen-bond acceptors (Lipinski definition) is 4. The van der Waals surface area contributed by atoms with Gasteiger partial charge in [-0.2, -0.15) is 5.10 Å². The molecule has 1 atom stereocenters. The van der Waals surface area contributed by atoms with E-state index >= 15 is 0 Å². The molecule has 3 rings (SSSR count). The first-order valence-corrected chi connectivity index (χ1v) is 8.18. The second kappa shape index (κ2) is 6.94. The molecule has 1 amide bonds. The molecule has 0 saturated carbocycles. The molecule has 0 radical (unpaired) electrons. The maximum Gasteiger partial charge on any atom is 0.345 e. The van der Waals surface area contributed by atoms with Crippen LogP contribution in [0.1, 0.15) is 42.5 Å². The van der Waals surface area contributed by atoms with Gasteiger partial charge in [0.2, 0.25) is 0 Å². The van der Waals surface area contributed by atoms with Crippen molar-refractivity contribution in [3.63, 3.8) is 0 Å². The largest absolute Gasteiger partial charge is 0.348 e.